The summed E-state index contributed by atoms with van der Waals surface area (Å²) in [6.07, 6.45) is 0. The van der Waals surface area contributed by atoms with Crippen molar-refractivity contribution in [2.24, 2.45) is 0 Å². The van der Waals surface area contributed by atoms with Crippen molar-refractivity contribution in [2.75, 3.05) is 11.9 Å². The maximum absolute atomic E-state index is 12.0. The van der Waals surface area contributed by atoms with E-state index in [1.54, 1.807) is 36.4 Å². The smallest absolute Gasteiger partial charge is 0.262 e. The molecule has 0 spiro atoms. The second-order valence-corrected chi connectivity index (χ2v) is 5.67. The van der Waals surface area contributed by atoms with Gasteiger partial charge < -0.3 is 14.8 Å². The van der Waals surface area contributed by atoms with Crippen LogP contribution < -0.4 is 14.8 Å². The van der Waals surface area contributed by atoms with Crippen LogP contribution in [0.25, 0.3) is 0 Å². The Morgan fingerprint density at radius 1 is 0.840 bits per heavy atom. The first kappa shape index (κ1) is 16.9. The quantitative estimate of drug-likeness (QED) is 0.666. The van der Waals surface area contributed by atoms with Crippen LogP contribution in [0.4, 0.5) is 5.69 Å². The molecule has 4 nitrogen and oxygen atoms in total. The molecular formula is C20H16ClNO3. The van der Waals surface area contributed by atoms with Gasteiger partial charge in [-0.1, -0.05) is 41.9 Å². The molecule has 3 rings (SSSR count). The van der Waals surface area contributed by atoms with Crippen molar-refractivity contribution in [1.29, 1.82) is 0 Å². The molecule has 0 saturated heterocycles. The third-order valence-corrected chi connectivity index (χ3v) is 3.50. The van der Waals surface area contributed by atoms with Crippen molar-refractivity contribution >= 4 is 23.2 Å². The maximum atomic E-state index is 12.0. The second kappa shape index (κ2) is 8.22. The van der Waals surface area contributed by atoms with Crippen LogP contribution in [0.3, 0.4) is 0 Å². The average molecular weight is 354 g/mol. The van der Waals surface area contributed by atoms with Crippen molar-refractivity contribution < 1.29 is 14.3 Å². The molecule has 126 valence electrons. The summed E-state index contributed by atoms with van der Waals surface area (Å²) < 4.78 is 11.3. The minimum atomic E-state index is -0.267. The molecule has 0 aromatic heterocycles. The summed E-state index contributed by atoms with van der Waals surface area (Å²) in [5, 5.41) is 3.29. The van der Waals surface area contributed by atoms with E-state index >= 15 is 0 Å². The largest absolute Gasteiger partial charge is 0.484 e. The summed E-state index contributed by atoms with van der Waals surface area (Å²) in [6, 6.07) is 23.5. The van der Waals surface area contributed by atoms with E-state index in [0.717, 1.165) is 5.75 Å². The first-order valence-corrected chi connectivity index (χ1v) is 8.08. The van der Waals surface area contributed by atoms with Crippen LogP contribution in [0.2, 0.25) is 5.02 Å². The van der Waals surface area contributed by atoms with E-state index in [-0.39, 0.29) is 12.5 Å². The number of hydrogen-bond donors (Lipinski definition) is 1. The summed E-state index contributed by atoms with van der Waals surface area (Å²) in [5.41, 5.74) is 0.627. The van der Waals surface area contributed by atoms with Gasteiger partial charge in [-0.25, -0.2) is 0 Å². The Morgan fingerprint density at radius 3 is 2.36 bits per heavy atom. The van der Waals surface area contributed by atoms with Gasteiger partial charge in [0.25, 0.3) is 5.91 Å². The number of benzene rings is 3. The number of amides is 1. The standard InChI is InChI=1S/C20H16ClNO3/c21-15-6-4-7-16(12-15)22-20(23)14-24-18-10-5-11-19(13-18)25-17-8-2-1-3-9-17/h1-13H,14H2,(H,22,23). The average Bonchev–Trinajstić information content (AvgIpc) is 2.61. The van der Waals surface area contributed by atoms with Crippen molar-refractivity contribution in [3.8, 4) is 17.2 Å². The Balaban J connectivity index is 1.56. The zero-order valence-corrected chi connectivity index (χ0v) is 14.1. The normalized spacial score (nSPS) is 10.1. The topological polar surface area (TPSA) is 47.6 Å². The molecule has 25 heavy (non-hydrogen) atoms. The number of anilines is 1. The van der Waals surface area contributed by atoms with Gasteiger partial charge in [0.05, 0.1) is 0 Å². The van der Waals surface area contributed by atoms with Crippen LogP contribution in [0.15, 0.2) is 78.9 Å². The van der Waals surface area contributed by atoms with Gasteiger partial charge in [0.2, 0.25) is 0 Å². The van der Waals surface area contributed by atoms with E-state index in [9.17, 15) is 4.79 Å². The maximum Gasteiger partial charge on any atom is 0.262 e. The number of carbonyl (C=O) groups is 1. The fourth-order valence-corrected chi connectivity index (χ4v) is 2.35. The lowest BCUT2D eigenvalue weighted by Crippen LogP contribution is -2.20. The summed E-state index contributed by atoms with van der Waals surface area (Å²) in [6.45, 7) is -0.110. The Labute approximate surface area is 151 Å². The first-order valence-electron chi connectivity index (χ1n) is 7.70. The number of rotatable bonds is 6. The first-order chi connectivity index (χ1) is 12.2. The molecule has 0 aliphatic heterocycles. The predicted molar refractivity (Wildman–Crippen MR) is 98.5 cm³/mol. The van der Waals surface area contributed by atoms with Gasteiger partial charge >= 0.3 is 0 Å². The highest BCUT2D eigenvalue weighted by Crippen LogP contribution is 2.25. The minimum absolute atomic E-state index is 0.110. The monoisotopic (exact) mass is 353 g/mol. The van der Waals surface area contributed by atoms with Crippen LogP contribution in [-0.2, 0) is 4.79 Å². The van der Waals surface area contributed by atoms with Crippen LogP contribution in [0, 0.1) is 0 Å². The van der Waals surface area contributed by atoms with Gasteiger partial charge in [-0.2, -0.15) is 0 Å². The SMILES string of the molecule is O=C(COc1cccc(Oc2ccccc2)c1)Nc1cccc(Cl)c1. The third kappa shape index (κ3) is 5.26. The number of ether oxygens (including phenoxy) is 2. The minimum Gasteiger partial charge on any atom is -0.484 e. The molecule has 3 aromatic carbocycles. The summed E-state index contributed by atoms with van der Waals surface area (Å²) in [4.78, 5) is 12.0. The molecule has 0 atom stereocenters. The zero-order chi connectivity index (χ0) is 17.5. The molecule has 0 aliphatic rings. The Morgan fingerprint density at radius 2 is 1.56 bits per heavy atom. The lowest BCUT2D eigenvalue weighted by Gasteiger charge is -2.10. The van der Waals surface area contributed by atoms with Gasteiger partial charge in [0.15, 0.2) is 6.61 Å². The number of nitrogens with one attached hydrogen (secondary N) is 1. The zero-order valence-electron chi connectivity index (χ0n) is 13.3. The van der Waals surface area contributed by atoms with Crippen LogP contribution in [0.5, 0.6) is 17.2 Å². The Kier molecular flexibility index (Phi) is 5.54. The predicted octanol–water partition coefficient (Wildman–Crippen LogP) is 5.15. The van der Waals surface area contributed by atoms with Crippen molar-refractivity contribution in [2.45, 2.75) is 0 Å². The molecule has 5 heteroatoms. The van der Waals surface area contributed by atoms with Crippen molar-refractivity contribution in [3.05, 3.63) is 83.9 Å². The molecule has 0 saturated carbocycles. The fraction of sp³-hybridized carbons (Fsp3) is 0.0500. The molecule has 0 heterocycles. The molecule has 0 radical (unpaired) electrons. The number of para-hydroxylation sites is 1. The molecule has 0 aliphatic carbocycles. The van der Waals surface area contributed by atoms with Crippen LogP contribution in [-0.4, -0.2) is 12.5 Å². The van der Waals surface area contributed by atoms with E-state index < -0.39 is 0 Å². The van der Waals surface area contributed by atoms with Crippen molar-refractivity contribution in [1.82, 2.24) is 0 Å². The fourth-order valence-electron chi connectivity index (χ4n) is 2.16. The number of halogens is 1. The summed E-state index contributed by atoms with van der Waals surface area (Å²) >= 11 is 5.89. The molecule has 0 unspecified atom stereocenters. The lowest BCUT2D eigenvalue weighted by molar-refractivity contribution is -0.118. The molecular weight excluding hydrogens is 338 g/mol. The van der Waals surface area contributed by atoms with Crippen molar-refractivity contribution in [3.63, 3.8) is 0 Å². The number of carbonyl (C=O) groups excluding carboxylic acids is 1. The highest BCUT2D eigenvalue weighted by Gasteiger charge is 2.05. The van der Waals surface area contributed by atoms with E-state index in [2.05, 4.69) is 5.32 Å². The van der Waals surface area contributed by atoms with Gasteiger partial charge in [0.1, 0.15) is 17.2 Å². The highest BCUT2D eigenvalue weighted by atomic mass is 35.5. The molecule has 0 fully saturated rings. The Bertz CT molecular complexity index is 852. The van der Waals surface area contributed by atoms with Gasteiger partial charge in [-0.15, -0.1) is 0 Å². The summed E-state index contributed by atoms with van der Waals surface area (Å²) in [7, 11) is 0. The molecule has 1 N–H and O–H groups in total. The molecule has 0 bridgehead atoms. The van der Waals surface area contributed by atoms with Crippen LogP contribution in [0.1, 0.15) is 0 Å². The molecule has 1 amide bonds. The van der Waals surface area contributed by atoms with E-state index in [1.807, 2.05) is 42.5 Å². The van der Waals surface area contributed by atoms with Gasteiger partial charge in [0, 0.05) is 16.8 Å². The van der Waals surface area contributed by atoms with Gasteiger partial charge in [-0.05, 0) is 42.5 Å². The molecule has 3 aromatic rings. The summed E-state index contributed by atoms with van der Waals surface area (Å²) in [5.74, 6) is 1.66. The van der Waals surface area contributed by atoms with Crippen LogP contribution >= 0.6 is 11.6 Å². The van der Waals surface area contributed by atoms with Gasteiger partial charge in [-0.3, -0.25) is 4.79 Å². The highest BCUT2D eigenvalue weighted by molar-refractivity contribution is 6.30. The number of hydrogen-bond acceptors (Lipinski definition) is 3. The van der Waals surface area contributed by atoms with E-state index in [0.29, 0.717) is 22.2 Å². The van der Waals surface area contributed by atoms with E-state index in [4.69, 9.17) is 21.1 Å². The lowest BCUT2D eigenvalue weighted by atomic mass is 10.3. The second-order valence-electron chi connectivity index (χ2n) is 5.24. The Hall–Kier alpha value is -2.98. The van der Waals surface area contributed by atoms with E-state index in [1.165, 1.54) is 0 Å². The third-order valence-electron chi connectivity index (χ3n) is 3.26.